The lowest BCUT2D eigenvalue weighted by atomic mass is 10.1. The van der Waals surface area contributed by atoms with E-state index in [-0.39, 0.29) is 11.9 Å². The van der Waals surface area contributed by atoms with Gasteiger partial charge in [-0.1, -0.05) is 12.1 Å². The van der Waals surface area contributed by atoms with Crippen molar-refractivity contribution in [2.75, 3.05) is 13.0 Å². The number of benzene rings is 1. The highest BCUT2D eigenvalue weighted by atomic mass is 35.5. The van der Waals surface area contributed by atoms with Gasteiger partial charge in [0.25, 0.3) is 0 Å². The van der Waals surface area contributed by atoms with Gasteiger partial charge >= 0.3 is 0 Å². The second-order valence-electron chi connectivity index (χ2n) is 2.43. The monoisotopic (exact) mass is 188 g/mol. The van der Waals surface area contributed by atoms with E-state index < -0.39 is 0 Å². The number of hydrogen-bond donors (Lipinski definition) is 0. The van der Waals surface area contributed by atoms with Crippen LogP contribution in [0.4, 0.5) is 4.39 Å². The van der Waals surface area contributed by atoms with Crippen molar-refractivity contribution in [3.05, 3.63) is 35.6 Å². The minimum atomic E-state index is -0.247. The maximum atomic E-state index is 12.5. The van der Waals surface area contributed by atoms with Crippen LogP contribution in [0.1, 0.15) is 11.7 Å². The highest BCUT2D eigenvalue weighted by molar-refractivity contribution is 6.18. The fraction of sp³-hybridized carbons (Fsp3) is 0.333. The highest BCUT2D eigenvalue weighted by Gasteiger charge is 2.07. The van der Waals surface area contributed by atoms with E-state index in [0.717, 1.165) is 5.56 Å². The average Bonchev–Trinajstić information content (AvgIpc) is 2.10. The third-order valence-corrected chi connectivity index (χ3v) is 1.95. The summed E-state index contributed by atoms with van der Waals surface area (Å²) < 4.78 is 17.6. The summed E-state index contributed by atoms with van der Waals surface area (Å²) in [6.07, 6.45) is -0.146. The van der Waals surface area contributed by atoms with Gasteiger partial charge in [-0.05, 0) is 17.7 Å². The Morgan fingerprint density at radius 2 is 2.00 bits per heavy atom. The fourth-order valence-electron chi connectivity index (χ4n) is 0.966. The Morgan fingerprint density at radius 1 is 1.42 bits per heavy atom. The Bertz CT molecular complexity index is 231. The zero-order chi connectivity index (χ0) is 8.97. The lowest BCUT2D eigenvalue weighted by Crippen LogP contribution is -2.02. The number of methoxy groups -OCH3 is 1. The van der Waals surface area contributed by atoms with E-state index in [2.05, 4.69) is 0 Å². The Hall–Kier alpha value is -0.600. The zero-order valence-electron chi connectivity index (χ0n) is 6.76. The predicted molar refractivity (Wildman–Crippen MR) is 46.9 cm³/mol. The van der Waals surface area contributed by atoms with Gasteiger partial charge in [-0.3, -0.25) is 0 Å². The molecule has 1 unspecified atom stereocenters. The number of halogens is 2. The summed E-state index contributed by atoms with van der Waals surface area (Å²) in [6.45, 7) is 0. The average molecular weight is 189 g/mol. The molecule has 1 rings (SSSR count). The Morgan fingerprint density at radius 3 is 2.42 bits per heavy atom. The van der Waals surface area contributed by atoms with Gasteiger partial charge in [0.2, 0.25) is 0 Å². The van der Waals surface area contributed by atoms with E-state index in [0.29, 0.717) is 5.88 Å². The molecular weight excluding hydrogens is 179 g/mol. The summed E-state index contributed by atoms with van der Waals surface area (Å²) in [6, 6.07) is 6.14. The molecule has 1 aromatic carbocycles. The van der Waals surface area contributed by atoms with Crippen LogP contribution in [-0.4, -0.2) is 13.0 Å². The van der Waals surface area contributed by atoms with E-state index in [1.165, 1.54) is 12.1 Å². The van der Waals surface area contributed by atoms with E-state index >= 15 is 0 Å². The standard InChI is InChI=1S/C9H10ClFO/c1-12-9(6-10)7-2-4-8(11)5-3-7/h2-5,9H,6H2,1H3. The molecule has 1 aromatic rings. The third kappa shape index (κ3) is 2.19. The van der Waals surface area contributed by atoms with E-state index in [1.807, 2.05) is 0 Å². The van der Waals surface area contributed by atoms with Crippen LogP contribution in [0.15, 0.2) is 24.3 Å². The van der Waals surface area contributed by atoms with Crippen LogP contribution < -0.4 is 0 Å². The number of rotatable bonds is 3. The van der Waals surface area contributed by atoms with Crippen LogP contribution in [0.25, 0.3) is 0 Å². The summed E-state index contributed by atoms with van der Waals surface area (Å²) in [5.41, 5.74) is 0.897. The van der Waals surface area contributed by atoms with Gasteiger partial charge in [0.05, 0.1) is 12.0 Å². The number of hydrogen-bond acceptors (Lipinski definition) is 1. The largest absolute Gasteiger partial charge is 0.376 e. The van der Waals surface area contributed by atoms with Gasteiger partial charge in [-0.15, -0.1) is 11.6 Å². The molecular formula is C9H10ClFO. The Kier molecular flexibility index (Phi) is 3.50. The van der Waals surface area contributed by atoms with Crippen molar-refractivity contribution in [2.24, 2.45) is 0 Å². The molecule has 0 fully saturated rings. The molecule has 0 radical (unpaired) electrons. The molecule has 0 heterocycles. The maximum Gasteiger partial charge on any atom is 0.123 e. The molecule has 0 aliphatic carbocycles. The third-order valence-electron chi connectivity index (χ3n) is 1.67. The molecule has 0 aromatic heterocycles. The topological polar surface area (TPSA) is 9.23 Å². The number of alkyl halides is 1. The first-order valence-electron chi connectivity index (χ1n) is 3.62. The normalized spacial score (nSPS) is 12.9. The summed E-state index contributed by atoms with van der Waals surface area (Å²) in [4.78, 5) is 0. The maximum absolute atomic E-state index is 12.5. The van der Waals surface area contributed by atoms with Gasteiger partial charge in [0.15, 0.2) is 0 Å². The molecule has 12 heavy (non-hydrogen) atoms. The second kappa shape index (κ2) is 4.43. The molecule has 0 saturated carbocycles. The van der Waals surface area contributed by atoms with Crippen molar-refractivity contribution in [3.63, 3.8) is 0 Å². The molecule has 1 atom stereocenters. The molecule has 0 saturated heterocycles. The lowest BCUT2D eigenvalue weighted by molar-refractivity contribution is 0.122. The molecule has 66 valence electrons. The fourth-order valence-corrected chi connectivity index (χ4v) is 1.27. The van der Waals surface area contributed by atoms with Crippen molar-refractivity contribution < 1.29 is 9.13 Å². The molecule has 0 spiro atoms. The summed E-state index contributed by atoms with van der Waals surface area (Å²) in [7, 11) is 1.58. The smallest absolute Gasteiger partial charge is 0.123 e. The van der Waals surface area contributed by atoms with Crippen molar-refractivity contribution in [1.82, 2.24) is 0 Å². The first-order valence-corrected chi connectivity index (χ1v) is 4.15. The minimum absolute atomic E-state index is 0.146. The van der Waals surface area contributed by atoms with E-state index in [9.17, 15) is 4.39 Å². The van der Waals surface area contributed by atoms with Gasteiger partial charge in [0.1, 0.15) is 5.82 Å². The van der Waals surface area contributed by atoms with Crippen molar-refractivity contribution >= 4 is 11.6 Å². The predicted octanol–water partition coefficient (Wildman–Crippen LogP) is 2.75. The number of ether oxygens (including phenoxy) is 1. The molecule has 0 bridgehead atoms. The van der Waals surface area contributed by atoms with Crippen LogP contribution in [0.5, 0.6) is 0 Å². The van der Waals surface area contributed by atoms with Crippen LogP contribution in [0.3, 0.4) is 0 Å². The SMILES string of the molecule is COC(CCl)c1ccc(F)cc1. The summed E-state index contributed by atoms with van der Waals surface area (Å²) in [5, 5.41) is 0. The van der Waals surface area contributed by atoms with Crippen LogP contribution in [0.2, 0.25) is 0 Å². The van der Waals surface area contributed by atoms with Crippen LogP contribution in [0, 0.1) is 5.82 Å². The minimum Gasteiger partial charge on any atom is -0.376 e. The van der Waals surface area contributed by atoms with Crippen LogP contribution >= 0.6 is 11.6 Å². The molecule has 3 heteroatoms. The first-order chi connectivity index (χ1) is 5.77. The second-order valence-corrected chi connectivity index (χ2v) is 2.74. The zero-order valence-corrected chi connectivity index (χ0v) is 7.51. The van der Waals surface area contributed by atoms with Gasteiger partial charge in [0, 0.05) is 7.11 Å². The Labute approximate surface area is 76.1 Å². The first kappa shape index (κ1) is 9.49. The van der Waals surface area contributed by atoms with Gasteiger partial charge < -0.3 is 4.74 Å². The van der Waals surface area contributed by atoms with E-state index in [1.54, 1.807) is 19.2 Å². The van der Waals surface area contributed by atoms with Gasteiger partial charge in [-0.25, -0.2) is 4.39 Å². The van der Waals surface area contributed by atoms with Gasteiger partial charge in [-0.2, -0.15) is 0 Å². The molecule has 0 aliphatic rings. The summed E-state index contributed by atoms with van der Waals surface area (Å²) >= 11 is 5.62. The quantitative estimate of drug-likeness (QED) is 0.663. The lowest BCUT2D eigenvalue weighted by Gasteiger charge is -2.11. The van der Waals surface area contributed by atoms with E-state index in [4.69, 9.17) is 16.3 Å². The molecule has 0 aliphatic heterocycles. The molecule has 0 N–H and O–H groups in total. The van der Waals surface area contributed by atoms with Crippen molar-refractivity contribution in [3.8, 4) is 0 Å². The Balaban J connectivity index is 2.80. The molecule has 1 nitrogen and oxygen atoms in total. The highest BCUT2D eigenvalue weighted by Crippen LogP contribution is 2.17. The van der Waals surface area contributed by atoms with Crippen molar-refractivity contribution in [1.29, 1.82) is 0 Å². The summed E-state index contributed by atoms with van der Waals surface area (Å²) in [5.74, 6) is 0.130. The van der Waals surface area contributed by atoms with Crippen LogP contribution in [-0.2, 0) is 4.74 Å². The van der Waals surface area contributed by atoms with Crippen molar-refractivity contribution in [2.45, 2.75) is 6.10 Å². The molecule has 0 amide bonds.